The zero-order valence-corrected chi connectivity index (χ0v) is 6.89. The molecule has 1 aromatic heterocycles. The first-order chi connectivity index (χ1) is 5.25. The number of nitrogens with two attached hydrogens (primary N) is 1. The van der Waals surface area contributed by atoms with Gasteiger partial charge in [-0.2, -0.15) is 0 Å². The lowest BCUT2D eigenvalue weighted by Crippen LogP contribution is -2.04. The van der Waals surface area contributed by atoms with Gasteiger partial charge in [-0.1, -0.05) is 0 Å². The zero-order chi connectivity index (χ0) is 8.27. The van der Waals surface area contributed by atoms with E-state index in [1.54, 1.807) is 6.20 Å². The number of aromatic nitrogens is 1. The third-order valence-corrected chi connectivity index (χ3v) is 1.54. The van der Waals surface area contributed by atoms with Crippen molar-refractivity contribution in [2.75, 3.05) is 17.6 Å². The molecule has 0 aliphatic carbocycles. The van der Waals surface area contributed by atoms with Crippen LogP contribution in [0, 0.1) is 6.92 Å². The molecule has 3 heteroatoms. The molecule has 0 aliphatic rings. The molecule has 0 amide bonds. The van der Waals surface area contributed by atoms with Crippen LogP contribution in [-0.4, -0.2) is 11.5 Å². The Morgan fingerprint density at radius 3 is 2.91 bits per heavy atom. The van der Waals surface area contributed by atoms with Crippen molar-refractivity contribution < 1.29 is 0 Å². The van der Waals surface area contributed by atoms with Gasteiger partial charge >= 0.3 is 0 Å². The molecule has 0 atom stereocenters. The van der Waals surface area contributed by atoms with Gasteiger partial charge < -0.3 is 11.1 Å². The van der Waals surface area contributed by atoms with E-state index in [1.807, 2.05) is 19.9 Å². The Hall–Kier alpha value is -1.25. The summed E-state index contributed by atoms with van der Waals surface area (Å²) in [6.45, 7) is 4.92. The molecule has 0 saturated heterocycles. The van der Waals surface area contributed by atoms with Crippen LogP contribution in [-0.2, 0) is 0 Å². The molecular weight excluding hydrogens is 138 g/mol. The Labute approximate surface area is 66.6 Å². The third kappa shape index (κ3) is 1.61. The average Bonchev–Trinajstić information content (AvgIpc) is 1.97. The summed E-state index contributed by atoms with van der Waals surface area (Å²) in [5.74, 6) is 0.576. The molecule has 0 bridgehead atoms. The fraction of sp³-hybridized carbons (Fsp3) is 0.375. The molecule has 3 nitrogen and oxygen atoms in total. The van der Waals surface area contributed by atoms with Crippen LogP contribution in [0.15, 0.2) is 12.3 Å². The molecule has 1 rings (SSSR count). The predicted molar refractivity (Wildman–Crippen MR) is 47.6 cm³/mol. The number of hydrogen-bond donors (Lipinski definition) is 2. The first-order valence-corrected chi connectivity index (χ1v) is 3.70. The van der Waals surface area contributed by atoms with Gasteiger partial charge in [0, 0.05) is 12.7 Å². The summed E-state index contributed by atoms with van der Waals surface area (Å²) in [6.07, 6.45) is 1.71. The maximum atomic E-state index is 5.63. The molecule has 1 heterocycles. The first-order valence-electron chi connectivity index (χ1n) is 3.70. The number of nitrogen functional groups attached to an aromatic ring is 1. The minimum Gasteiger partial charge on any atom is -0.382 e. The van der Waals surface area contributed by atoms with Crippen LogP contribution in [0.25, 0.3) is 0 Å². The largest absolute Gasteiger partial charge is 0.382 e. The number of rotatable bonds is 2. The van der Waals surface area contributed by atoms with Gasteiger partial charge in [0.15, 0.2) is 0 Å². The minimum absolute atomic E-state index is 0.576. The smallest absolute Gasteiger partial charge is 0.147 e. The Bertz CT molecular complexity index is 225. The maximum Gasteiger partial charge on any atom is 0.147 e. The summed E-state index contributed by atoms with van der Waals surface area (Å²) < 4.78 is 0. The van der Waals surface area contributed by atoms with Crippen molar-refractivity contribution in [3.8, 4) is 0 Å². The fourth-order valence-corrected chi connectivity index (χ4v) is 0.986. The van der Waals surface area contributed by atoms with Gasteiger partial charge in [0.2, 0.25) is 0 Å². The van der Waals surface area contributed by atoms with E-state index in [0.29, 0.717) is 5.82 Å². The van der Waals surface area contributed by atoms with Crippen molar-refractivity contribution in [1.82, 2.24) is 4.98 Å². The maximum absolute atomic E-state index is 5.63. The number of anilines is 2. The van der Waals surface area contributed by atoms with Crippen LogP contribution in [0.1, 0.15) is 12.5 Å². The second-order valence-corrected chi connectivity index (χ2v) is 2.42. The molecule has 0 aliphatic heterocycles. The molecule has 0 fully saturated rings. The average molecular weight is 151 g/mol. The highest BCUT2D eigenvalue weighted by atomic mass is 14.9. The van der Waals surface area contributed by atoms with Gasteiger partial charge in [0.1, 0.15) is 5.82 Å². The van der Waals surface area contributed by atoms with E-state index >= 15 is 0 Å². The van der Waals surface area contributed by atoms with Crippen LogP contribution >= 0.6 is 0 Å². The van der Waals surface area contributed by atoms with Gasteiger partial charge in [-0.05, 0) is 25.5 Å². The van der Waals surface area contributed by atoms with E-state index in [0.717, 1.165) is 17.8 Å². The Morgan fingerprint density at radius 2 is 2.36 bits per heavy atom. The molecule has 60 valence electrons. The Balaban J connectivity index is 3.00. The second kappa shape index (κ2) is 3.23. The molecule has 0 radical (unpaired) electrons. The van der Waals surface area contributed by atoms with Crippen LogP contribution in [0.3, 0.4) is 0 Å². The van der Waals surface area contributed by atoms with Crippen LogP contribution < -0.4 is 11.1 Å². The van der Waals surface area contributed by atoms with Gasteiger partial charge in [-0.3, -0.25) is 0 Å². The van der Waals surface area contributed by atoms with E-state index in [1.165, 1.54) is 0 Å². The monoisotopic (exact) mass is 151 g/mol. The first kappa shape index (κ1) is 7.85. The summed E-state index contributed by atoms with van der Waals surface area (Å²) in [4.78, 5) is 3.97. The normalized spacial score (nSPS) is 9.64. The third-order valence-electron chi connectivity index (χ3n) is 1.54. The summed E-state index contributed by atoms with van der Waals surface area (Å²) >= 11 is 0. The van der Waals surface area contributed by atoms with Crippen molar-refractivity contribution in [1.29, 1.82) is 0 Å². The molecule has 3 N–H and O–H groups in total. The summed E-state index contributed by atoms with van der Waals surface area (Å²) in [6, 6.07) is 1.94. The number of pyridine rings is 1. The van der Waals surface area contributed by atoms with E-state index < -0.39 is 0 Å². The second-order valence-electron chi connectivity index (χ2n) is 2.42. The lowest BCUT2D eigenvalue weighted by molar-refractivity contribution is 1.18. The molecule has 0 aromatic carbocycles. The van der Waals surface area contributed by atoms with E-state index in [-0.39, 0.29) is 0 Å². The zero-order valence-electron chi connectivity index (χ0n) is 6.89. The SMILES string of the molecule is CCNc1c(C)ccnc1N. The number of hydrogen-bond acceptors (Lipinski definition) is 3. The summed E-state index contributed by atoms with van der Waals surface area (Å²) in [5.41, 5.74) is 7.73. The molecule has 0 saturated carbocycles. The van der Waals surface area contributed by atoms with Crippen LogP contribution in [0.5, 0.6) is 0 Å². The number of aryl methyl sites for hydroxylation is 1. The highest BCUT2D eigenvalue weighted by Crippen LogP contribution is 2.18. The van der Waals surface area contributed by atoms with Crippen molar-refractivity contribution in [3.63, 3.8) is 0 Å². The molecular formula is C8H13N3. The predicted octanol–water partition coefficient (Wildman–Crippen LogP) is 1.40. The van der Waals surface area contributed by atoms with E-state index in [4.69, 9.17) is 5.73 Å². The Kier molecular flexibility index (Phi) is 2.31. The quantitative estimate of drug-likeness (QED) is 0.671. The molecule has 0 spiro atoms. The van der Waals surface area contributed by atoms with Crippen molar-refractivity contribution in [2.24, 2.45) is 0 Å². The van der Waals surface area contributed by atoms with Crippen molar-refractivity contribution in [2.45, 2.75) is 13.8 Å². The summed E-state index contributed by atoms with van der Waals surface area (Å²) in [5, 5.41) is 3.16. The van der Waals surface area contributed by atoms with Gasteiger partial charge in [-0.25, -0.2) is 4.98 Å². The standard InChI is InChI=1S/C8H13N3/c1-3-10-7-6(2)4-5-11-8(7)9/h4-5,10H,3H2,1-2H3,(H2,9,11). The topological polar surface area (TPSA) is 50.9 Å². The molecule has 1 aromatic rings. The lowest BCUT2D eigenvalue weighted by atomic mass is 10.2. The molecule has 11 heavy (non-hydrogen) atoms. The highest BCUT2D eigenvalue weighted by molar-refractivity contribution is 5.65. The highest BCUT2D eigenvalue weighted by Gasteiger charge is 2.00. The van der Waals surface area contributed by atoms with Gasteiger partial charge in [0.05, 0.1) is 5.69 Å². The fourth-order valence-electron chi connectivity index (χ4n) is 0.986. The van der Waals surface area contributed by atoms with Gasteiger partial charge in [0.25, 0.3) is 0 Å². The number of nitrogens with one attached hydrogen (secondary N) is 1. The van der Waals surface area contributed by atoms with Crippen molar-refractivity contribution in [3.05, 3.63) is 17.8 Å². The van der Waals surface area contributed by atoms with Gasteiger partial charge in [-0.15, -0.1) is 0 Å². The van der Waals surface area contributed by atoms with Crippen LogP contribution in [0.2, 0.25) is 0 Å². The molecule has 0 unspecified atom stereocenters. The lowest BCUT2D eigenvalue weighted by Gasteiger charge is -2.08. The minimum atomic E-state index is 0.576. The van der Waals surface area contributed by atoms with Crippen molar-refractivity contribution >= 4 is 11.5 Å². The summed E-state index contributed by atoms with van der Waals surface area (Å²) in [7, 11) is 0. The van der Waals surface area contributed by atoms with Crippen LogP contribution in [0.4, 0.5) is 11.5 Å². The number of nitrogens with zero attached hydrogens (tertiary/aromatic N) is 1. The van der Waals surface area contributed by atoms with E-state index in [2.05, 4.69) is 10.3 Å². The van der Waals surface area contributed by atoms with E-state index in [9.17, 15) is 0 Å². The Morgan fingerprint density at radius 1 is 1.64 bits per heavy atom.